The van der Waals surface area contributed by atoms with Gasteiger partial charge in [-0.05, 0) is 32.4 Å². The van der Waals surface area contributed by atoms with E-state index in [0.29, 0.717) is 6.04 Å². The number of aromatic nitrogens is 1. The van der Waals surface area contributed by atoms with E-state index in [-0.39, 0.29) is 0 Å². The second-order valence-corrected chi connectivity index (χ2v) is 4.86. The summed E-state index contributed by atoms with van der Waals surface area (Å²) in [4.78, 5) is 5.38. The van der Waals surface area contributed by atoms with Crippen molar-refractivity contribution < 1.29 is 0 Å². The van der Waals surface area contributed by atoms with E-state index >= 15 is 0 Å². The molecule has 2 atom stereocenters. The molecular formula is C10H17N3S. The summed E-state index contributed by atoms with van der Waals surface area (Å²) in [6.07, 6.45) is 3.24. The zero-order valence-corrected chi connectivity index (χ0v) is 9.31. The number of thiazole rings is 1. The largest absolute Gasteiger partial charge is 0.314 e. The van der Waals surface area contributed by atoms with E-state index in [9.17, 15) is 0 Å². The first kappa shape index (κ1) is 10.1. The first-order chi connectivity index (χ1) is 6.86. The molecule has 14 heavy (non-hydrogen) atoms. The lowest BCUT2D eigenvalue weighted by molar-refractivity contribution is 0.440. The van der Waals surface area contributed by atoms with Crippen LogP contribution in [-0.4, -0.2) is 24.1 Å². The molecular weight excluding hydrogens is 194 g/mol. The number of nitrogens with one attached hydrogen (secondary N) is 2. The van der Waals surface area contributed by atoms with Crippen LogP contribution >= 0.6 is 11.3 Å². The molecule has 2 rings (SSSR count). The van der Waals surface area contributed by atoms with Gasteiger partial charge in [0.2, 0.25) is 0 Å². The molecule has 0 radical (unpaired) electrons. The van der Waals surface area contributed by atoms with Gasteiger partial charge in [-0.25, -0.2) is 0 Å². The third-order valence-corrected chi connectivity index (χ3v) is 3.66. The van der Waals surface area contributed by atoms with Gasteiger partial charge in [-0.3, -0.25) is 4.98 Å². The Balaban J connectivity index is 1.68. The second-order valence-electron chi connectivity index (χ2n) is 3.89. The lowest BCUT2D eigenvalue weighted by atomic mass is 10.0. The van der Waals surface area contributed by atoms with Crippen LogP contribution in [0.1, 0.15) is 18.2 Å². The van der Waals surface area contributed by atoms with Crippen LogP contribution in [0.3, 0.4) is 0 Å². The fourth-order valence-corrected chi connectivity index (χ4v) is 2.47. The highest BCUT2D eigenvalue weighted by atomic mass is 32.1. The van der Waals surface area contributed by atoms with Gasteiger partial charge in [0.1, 0.15) is 0 Å². The smallest absolute Gasteiger partial charge is 0.0794 e. The van der Waals surface area contributed by atoms with E-state index in [2.05, 4.69) is 22.5 Å². The number of hydrogen-bond donors (Lipinski definition) is 2. The molecule has 1 aromatic rings. The molecule has 1 saturated heterocycles. The summed E-state index contributed by atoms with van der Waals surface area (Å²) in [5.41, 5.74) is 1.89. The van der Waals surface area contributed by atoms with Crippen molar-refractivity contribution in [1.82, 2.24) is 15.6 Å². The van der Waals surface area contributed by atoms with E-state index in [1.165, 1.54) is 17.8 Å². The molecule has 4 heteroatoms. The summed E-state index contributed by atoms with van der Waals surface area (Å²) in [6, 6.07) is 0.670. The highest BCUT2D eigenvalue weighted by Crippen LogP contribution is 2.14. The Morgan fingerprint density at radius 1 is 1.71 bits per heavy atom. The molecule has 78 valence electrons. The van der Waals surface area contributed by atoms with Crippen molar-refractivity contribution in [3.63, 3.8) is 0 Å². The summed E-state index contributed by atoms with van der Waals surface area (Å²) >= 11 is 1.72. The summed E-state index contributed by atoms with van der Waals surface area (Å²) in [7, 11) is 0. The molecule has 0 bridgehead atoms. The van der Waals surface area contributed by atoms with Gasteiger partial charge in [0.05, 0.1) is 5.51 Å². The van der Waals surface area contributed by atoms with Gasteiger partial charge in [-0.15, -0.1) is 11.3 Å². The van der Waals surface area contributed by atoms with Crippen LogP contribution in [0.25, 0.3) is 0 Å². The monoisotopic (exact) mass is 211 g/mol. The third kappa shape index (κ3) is 2.53. The predicted molar refractivity (Wildman–Crippen MR) is 59.4 cm³/mol. The molecule has 2 heterocycles. The average Bonchev–Trinajstić information content (AvgIpc) is 2.78. The molecule has 2 unspecified atom stereocenters. The Kier molecular flexibility index (Phi) is 3.50. The lowest BCUT2D eigenvalue weighted by Gasteiger charge is -2.14. The zero-order valence-electron chi connectivity index (χ0n) is 8.49. The van der Waals surface area contributed by atoms with Gasteiger partial charge in [-0.1, -0.05) is 0 Å². The van der Waals surface area contributed by atoms with Crippen LogP contribution in [0, 0.1) is 5.92 Å². The fraction of sp³-hybridized carbons (Fsp3) is 0.700. The van der Waals surface area contributed by atoms with Gasteiger partial charge in [0, 0.05) is 23.7 Å². The zero-order chi connectivity index (χ0) is 9.80. The topological polar surface area (TPSA) is 37.0 Å². The standard InChI is InChI=1S/C10H17N3S/c1-8-9(2-3-13-8)4-11-5-10-6-12-7-14-10/h6-9,11,13H,2-5H2,1H3. The van der Waals surface area contributed by atoms with Gasteiger partial charge >= 0.3 is 0 Å². The molecule has 1 aliphatic heterocycles. The second kappa shape index (κ2) is 4.87. The van der Waals surface area contributed by atoms with Gasteiger partial charge in [-0.2, -0.15) is 0 Å². The van der Waals surface area contributed by atoms with E-state index in [0.717, 1.165) is 19.0 Å². The number of hydrogen-bond acceptors (Lipinski definition) is 4. The molecule has 1 aliphatic rings. The van der Waals surface area contributed by atoms with E-state index in [1.807, 2.05) is 11.7 Å². The Morgan fingerprint density at radius 2 is 2.64 bits per heavy atom. The van der Waals surface area contributed by atoms with Crippen molar-refractivity contribution in [2.45, 2.75) is 25.9 Å². The molecule has 2 N–H and O–H groups in total. The fourth-order valence-electron chi connectivity index (χ4n) is 1.90. The Hall–Kier alpha value is -0.450. The predicted octanol–water partition coefficient (Wildman–Crippen LogP) is 1.23. The van der Waals surface area contributed by atoms with E-state index in [4.69, 9.17) is 0 Å². The lowest BCUT2D eigenvalue weighted by Crippen LogP contribution is -2.30. The minimum Gasteiger partial charge on any atom is -0.314 e. The highest BCUT2D eigenvalue weighted by molar-refractivity contribution is 7.09. The van der Waals surface area contributed by atoms with E-state index < -0.39 is 0 Å². The normalized spacial score (nSPS) is 26.9. The summed E-state index contributed by atoms with van der Waals surface area (Å²) in [6.45, 7) is 5.53. The average molecular weight is 211 g/mol. The van der Waals surface area contributed by atoms with Gasteiger partial charge in [0.15, 0.2) is 0 Å². The molecule has 0 spiro atoms. The Morgan fingerprint density at radius 3 is 3.29 bits per heavy atom. The minimum atomic E-state index is 0.670. The van der Waals surface area contributed by atoms with Crippen LogP contribution in [0.15, 0.2) is 11.7 Å². The van der Waals surface area contributed by atoms with Crippen molar-refractivity contribution in [1.29, 1.82) is 0 Å². The van der Waals surface area contributed by atoms with Crippen LogP contribution < -0.4 is 10.6 Å². The maximum Gasteiger partial charge on any atom is 0.0794 e. The number of nitrogens with zero attached hydrogens (tertiary/aromatic N) is 1. The van der Waals surface area contributed by atoms with Crippen LogP contribution in [0.2, 0.25) is 0 Å². The molecule has 0 aromatic carbocycles. The third-order valence-electron chi connectivity index (χ3n) is 2.88. The highest BCUT2D eigenvalue weighted by Gasteiger charge is 2.21. The first-order valence-electron chi connectivity index (χ1n) is 5.17. The number of rotatable bonds is 4. The van der Waals surface area contributed by atoms with Crippen molar-refractivity contribution in [3.05, 3.63) is 16.6 Å². The van der Waals surface area contributed by atoms with Gasteiger partial charge < -0.3 is 10.6 Å². The minimum absolute atomic E-state index is 0.670. The van der Waals surface area contributed by atoms with Gasteiger partial charge in [0.25, 0.3) is 0 Å². The van der Waals surface area contributed by atoms with Crippen molar-refractivity contribution >= 4 is 11.3 Å². The molecule has 3 nitrogen and oxygen atoms in total. The van der Waals surface area contributed by atoms with Crippen molar-refractivity contribution in [2.75, 3.05) is 13.1 Å². The quantitative estimate of drug-likeness (QED) is 0.786. The van der Waals surface area contributed by atoms with Crippen LogP contribution in [-0.2, 0) is 6.54 Å². The molecule has 0 amide bonds. The molecule has 1 aromatic heterocycles. The summed E-state index contributed by atoms with van der Waals surface area (Å²) < 4.78 is 0. The Bertz CT molecular complexity index is 260. The maximum absolute atomic E-state index is 4.05. The van der Waals surface area contributed by atoms with Crippen molar-refractivity contribution in [3.8, 4) is 0 Å². The van der Waals surface area contributed by atoms with Crippen molar-refractivity contribution in [2.24, 2.45) is 5.92 Å². The van der Waals surface area contributed by atoms with E-state index in [1.54, 1.807) is 11.3 Å². The molecule has 0 saturated carbocycles. The molecule has 0 aliphatic carbocycles. The molecule has 1 fully saturated rings. The summed E-state index contributed by atoms with van der Waals surface area (Å²) in [5.74, 6) is 0.794. The first-order valence-corrected chi connectivity index (χ1v) is 6.05. The SMILES string of the molecule is CC1NCCC1CNCc1cncs1. The van der Waals surface area contributed by atoms with Crippen LogP contribution in [0.5, 0.6) is 0 Å². The maximum atomic E-state index is 4.05. The van der Waals surface area contributed by atoms with Crippen LogP contribution in [0.4, 0.5) is 0 Å². The Labute approximate surface area is 88.9 Å². The summed E-state index contributed by atoms with van der Waals surface area (Å²) in [5, 5.41) is 6.95.